The normalized spacial score (nSPS) is 16.0. The van der Waals surface area contributed by atoms with E-state index in [9.17, 15) is 13.2 Å². The first-order valence-corrected chi connectivity index (χ1v) is 11.3. The van der Waals surface area contributed by atoms with Crippen molar-refractivity contribution in [3.8, 4) is 0 Å². The Morgan fingerprint density at radius 2 is 1.72 bits per heavy atom. The van der Waals surface area contributed by atoms with E-state index in [2.05, 4.69) is 5.32 Å². The highest BCUT2D eigenvalue weighted by Gasteiger charge is 2.25. The van der Waals surface area contributed by atoms with Crippen LogP contribution in [-0.4, -0.2) is 49.8 Å². The Balaban J connectivity index is 1.61. The molecule has 1 fully saturated rings. The average Bonchev–Trinajstić information content (AvgIpc) is 2.95. The highest BCUT2D eigenvalue weighted by atomic mass is 35.5. The third-order valence-electron chi connectivity index (χ3n) is 4.48. The Kier molecular flexibility index (Phi) is 7.18. The van der Waals surface area contributed by atoms with E-state index < -0.39 is 10.0 Å². The van der Waals surface area contributed by atoms with Gasteiger partial charge >= 0.3 is 6.03 Å². The number of anilines is 1. The van der Waals surface area contributed by atoms with Crippen LogP contribution in [0.2, 0.25) is 10.0 Å². The van der Waals surface area contributed by atoms with E-state index >= 15 is 0 Å². The van der Waals surface area contributed by atoms with Crippen LogP contribution < -0.4 is 5.32 Å². The SMILES string of the molecule is O=C(Nc1cccc(Cl)c1)N1CCCN(S(=O)(=O)/C=C/c2ccc(Cl)cc2)CC1. The summed E-state index contributed by atoms with van der Waals surface area (Å²) in [6.07, 6.45) is 2.09. The van der Waals surface area contributed by atoms with Gasteiger partial charge in [0.05, 0.1) is 0 Å². The molecule has 9 heteroatoms. The lowest BCUT2D eigenvalue weighted by Gasteiger charge is -2.21. The van der Waals surface area contributed by atoms with Gasteiger partial charge in [0.25, 0.3) is 0 Å². The fourth-order valence-electron chi connectivity index (χ4n) is 2.94. The lowest BCUT2D eigenvalue weighted by molar-refractivity contribution is 0.214. The summed E-state index contributed by atoms with van der Waals surface area (Å²) in [4.78, 5) is 14.1. The third kappa shape index (κ3) is 6.21. The number of halogens is 2. The van der Waals surface area contributed by atoms with Gasteiger partial charge in [0.1, 0.15) is 0 Å². The fraction of sp³-hybridized carbons (Fsp3) is 0.250. The summed E-state index contributed by atoms with van der Waals surface area (Å²) >= 11 is 11.8. The van der Waals surface area contributed by atoms with E-state index in [4.69, 9.17) is 23.2 Å². The third-order valence-corrected chi connectivity index (χ3v) is 6.53. The molecular formula is C20H21Cl2N3O3S. The number of carbonyl (C=O) groups excluding carboxylic acids is 1. The highest BCUT2D eigenvalue weighted by molar-refractivity contribution is 7.92. The van der Waals surface area contributed by atoms with Gasteiger partial charge in [-0.15, -0.1) is 0 Å². The summed E-state index contributed by atoms with van der Waals surface area (Å²) in [5.74, 6) is 0. The molecule has 154 valence electrons. The van der Waals surface area contributed by atoms with Crippen molar-refractivity contribution < 1.29 is 13.2 Å². The second-order valence-electron chi connectivity index (χ2n) is 6.58. The molecule has 0 saturated carbocycles. The number of rotatable bonds is 4. The molecule has 6 nitrogen and oxygen atoms in total. The molecule has 0 spiro atoms. The molecule has 3 rings (SSSR count). The minimum Gasteiger partial charge on any atom is -0.323 e. The van der Waals surface area contributed by atoms with Gasteiger partial charge in [0, 0.05) is 47.3 Å². The quantitative estimate of drug-likeness (QED) is 0.738. The number of nitrogens with zero attached hydrogens (tertiary/aromatic N) is 2. The number of amides is 2. The molecule has 0 bridgehead atoms. The van der Waals surface area contributed by atoms with E-state index in [0.717, 1.165) is 5.56 Å². The molecule has 2 aromatic carbocycles. The van der Waals surface area contributed by atoms with Gasteiger partial charge in [-0.1, -0.05) is 41.4 Å². The predicted molar refractivity (Wildman–Crippen MR) is 118 cm³/mol. The lowest BCUT2D eigenvalue weighted by Crippen LogP contribution is -2.38. The smallest absolute Gasteiger partial charge is 0.321 e. The number of hydrogen-bond acceptors (Lipinski definition) is 3. The molecule has 2 amide bonds. The van der Waals surface area contributed by atoms with Gasteiger partial charge < -0.3 is 10.2 Å². The Bertz CT molecular complexity index is 994. The van der Waals surface area contributed by atoms with Crippen molar-refractivity contribution in [2.24, 2.45) is 0 Å². The molecular weight excluding hydrogens is 433 g/mol. The number of sulfonamides is 1. The summed E-state index contributed by atoms with van der Waals surface area (Å²) in [6, 6.07) is 13.5. The van der Waals surface area contributed by atoms with Crippen LogP contribution in [0.25, 0.3) is 6.08 Å². The Hall–Kier alpha value is -2.06. The first kappa shape index (κ1) is 21.6. The maximum absolute atomic E-state index is 12.7. The fourth-order valence-corrected chi connectivity index (χ4v) is 4.48. The monoisotopic (exact) mass is 453 g/mol. The standard InChI is InChI=1S/C20H21Cl2N3O3S/c21-17-7-5-16(6-8-17)9-14-29(27,28)25-11-2-10-24(12-13-25)20(26)23-19-4-1-3-18(22)15-19/h1,3-9,14-15H,2,10-13H2,(H,23,26)/b14-9+. The number of urea groups is 1. The largest absolute Gasteiger partial charge is 0.323 e. The van der Waals surface area contributed by atoms with Crippen LogP contribution in [-0.2, 0) is 10.0 Å². The van der Waals surface area contributed by atoms with Crippen molar-refractivity contribution in [1.29, 1.82) is 0 Å². The Morgan fingerprint density at radius 1 is 0.966 bits per heavy atom. The zero-order chi connectivity index (χ0) is 20.9. The zero-order valence-electron chi connectivity index (χ0n) is 15.6. The van der Waals surface area contributed by atoms with E-state index in [1.807, 2.05) is 0 Å². The molecule has 0 aromatic heterocycles. The van der Waals surface area contributed by atoms with Gasteiger partial charge in [0.15, 0.2) is 0 Å². The predicted octanol–water partition coefficient (Wildman–Crippen LogP) is 4.53. The number of carbonyl (C=O) groups is 1. The van der Waals surface area contributed by atoms with E-state index in [1.54, 1.807) is 59.5 Å². The number of benzene rings is 2. The first-order chi connectivity index (χ1) is 13.8. The second kappa shape index (κ2) is 9.63. The maximum Gasteiger partial charge on any atom is 0.321 e. The molecule has 1 aliphatic rings. The topological polar surface area (TPSA) is 69.7 Å². The van der Waals surface area contributed by atoms with Gasteiger partial charge in [0.2, 0.25) is 10.0 Å². The molecule has 0 aliphatic carbocycles. The zero-order valence-corrected chi connectivity index (χ0v) is 17.9. The van der Waals surface area contributed by atoms with Crippen molar-refractivity contribution in [3.05, 3.63) is 69.5 Å². The molecule has 0 unspecified atom stereocenters. The van der Waals surface area contributed by atoms with E-state index in [1.165, 1.54) is 9.71 Å². The highest BCUT2D eigenvalue weighted by Crippen LogP contribution is 2.17. The second-order valence-corrected chi connectivity index (χ2v) is 9.27. The van der Waals surface area contributed by atoms with Gasteiger partial charge in [-0.3, -0.25) is 0 Å². The van der Waals surface area contributed by atoms with Gasteiger partial charge in [-0.25, -0.2) is 13.2 Å². The van der Waals surface area contributed by atoms with Crippen molar-refractivity contribution in [3.63, 3.8) is 0 Å². The molecule has 2 aromatic rings. The average molecular weight is 454 g/mol. The molecule has 1 N–H and O–H groups in total. The van der Waals surface area contributed by atoms with Crippen molar-refractivity contribution >= 4 is 51.0 Å². The van der Waals surface area contributed by atoms with Gasteiger partial charge in [-0.2, -0.15) is 4.31 Å². The first-order valence-electron chi connectivity index (χ1n) is 9.09. The minimum absolute atomic E-state index is 0.232. The number of nitrogens with one attached hydrogen (secondary N) is 1. The van der Waals surface area contributed by atoms with Crippen LogP contribution in [0.1, 0.15) is 12.0 Å². The van der Waals surface area contributed by atoms with E-state index in [-0.39, 0.29) is 12.6 Å². The molecule has 1 aliphatic heterocycles. The minimum atomic E-state index is -3.58. The number of hydrogen-bond donors (Lipinski definition) is 1. The van der Waals surface area contributed by atoms with E-state index in [0.29, 0.717) is 41.8 Å². The van der Waals surface area contributed by atoms with Crippen LogP contribution >= 0.6 is 23.2 Å². The lowest BCUT2D eigenvalue weighted by atomic mass is 10.2. The summed E-state index contributed by atoms with van der Waals surface area (Å²) in [7, 11) is -3.58. The molecule has 1 heterocycles. The summed E-state index contributed by atoms with van der Waals surface area (Å²) < 4.78 is 26.7. The van der Waals surface area contributed by atoms with Crippen LogP contribution in [0.3, 0.4) is 0 Å². The summed E-state index contributed by atoms with van der Waals surface area (Å²) in [5.41, 5.74) is 1.34. The van der Waals surface area contributed by atoms with Crippen LogP contribution in [0.15, 0.2) is 53.9 Å². The van der Waals surface area contributed by atoms with Crippen molar-refractivity contribution in [2.75, 3.05) is 31.5 Å². The molecule has 0 atom stereocenters. The molecule has 29 heavy (non-hydrogen) atoms. The summed E-state index contributed by atoms with van der Waals surface area (Å²) in [5, 5.41) is 5.11. The Labute approximate surface area is 180 Å². The summed E-state index contributed by atoms with van der Waals surface area (Å²) in [6.45, 7) is 1.37. The van der Waals surface area contributed by atoms with Crippen LogP contribution in [0.4, 0.5) is 10.5 Å². The maximum atomic E-state index is 12.7. The van der Waals surface area contributed by atoms with Gasteiger partial charge in [-0.05, 0) is 48.4 Å². The van der Waals surface area contributed by atoms with Crippen LogP contribution in [0, 0.1) is 0 Å². The van der Waals surface area contributed by atoms with Crippen molar-refractivity contribution in [2.45, 2.75) is 6.42 Å². The Morgan fingerprint density at radius 3 is 2.45 bits per heavy atom. The molecule has 0 radical (unpaired) electrons. The van der Waals surface area contributed by atoms with Crippen LogP contribution in [0.5, 0.6) is 0 Å². The molecule has 1 saturated heterocycles. The van der Waals surface area contributed by atoms with Crippen molar-refractivity contribution in [1.82, 2.24) is 9.21 Å².